The molecule has 0 bridgehead atoms. The summed E-state index contributed by atoms with van der Waals surface area (Å²) in [6.07, 6.45) is 3.85. The predicted octanol–water partition coefficient (Wildman–Crippen LogP) is 4.23. The number of hydrogen-bond acceptors (Lipinski definition) is 5. The highest BCUT2D eigenvalue weighted by molar-refractivity contribution is 5.79. The average Bonchev–Trinajstić information content (AvgIpc) is 3.50. The highest BCUT2D eigenvalue weighted by atomic mass is 15.5. The van der Waals surface area contributed by atoms with Gasteiger partial charge in [-0.1, -0.05) is 31.2 Å². The van der Waals surface area contributed by atoms with Gasteiger partial charge in [-0.2, -0.15) is 5.21 Å². The van der Waals surface area contributed by atoms with E-state index < -0.39 is 0 Å². The second-order valence-corrected chi connectivity index (χ2v) is 8.20. The summed E-state index contributed by atoms with van der Waals surface area (Å²) in [7, 11) is 2.06. The van der Waals surface area contributed by atoms with E-state index in [1.54, 1.807) is 0 Å². The monoisotopic (exact) mass is 426 g/mol. The van der Waals surface area contributed by atoms with E-state index in [1.807, 2.05) is 12.3 Å². The molecule has 0 amide bonds. The van der Waals surface area contributed by atoms with Crippen LogP contribution in [0.5, 0.6) is 0 Å². The van der Waals surface area contributed by atoms with Crippen LogP contribution in [0.2, 0.25) is 0 Å². The fourth-order valence-corrected chi connectivity index (χ4v) is 4.24. The van der Waals surface area contributed by atoms with E-state index in [9.17, 15) is 0 Å². The first-order chi connectivity index (χ1) is 15.6. The van der Waals surface area contributed by atoms with Crippen LogP contribution >= 0.6 is 0 Å². The summed E-state index contributed by atoms with van der Waals surface area (Å²) in [5.41, 5.74) is 8.62. The van der Waals surface area contributed by atoms with Crippen LogP contribution in [-0.4, -0.2) is 39.7 Å². The van der Waals surface area contributed by atoms with Crippen molar-refractivity contribution < 1.29 is 0 Å². The van der Waals surface area contributed by atoms with Gasteiger partial charge in [-0.15, -0.1) is 10.2 Å². The van der Waals surface area contributed by atoms with Gasteiger partial charge < -0.3 is 9.13 Å². The van der Waals surface area contributed by atoms with Crippen LogP contribution in [-0.2, 0) is 20.0 Å². The normalized spacial score (nSPS) is 11.5. The van der Waals surface area contributed by atoms with Crippen molar-refractivity contribution in [1.29, 1.82) is 0 Å². The van der Waals surface area contributed by atoms with Crippen molar-refractivity contribution in [1.82, 2.24) is 39.7 Å². The number of aromatic amines is 1. The summed E-state index contributed by atoms with van der Waals surface area (Å²) >= 11 is 0. The third kappa shape index (κ3) is 3.37. The molecule has 0 unspecified atom stereocenters. The summed E-state index contributed by atoms with van der Waals surface area (Å²) < 4.78 is 4.41. The second-order valence-electron chi connectivity index (χ2n) is 8.20. The third-order valence-electron chi connectivity index (χ3n) is 6.02. The van der Waals surface area contributed by atoms with Gasteiger partial charge in [0, 0.05) is 30.9 Å². The molecule has 0 aliphatic carbocycles. The molecule has 5 aromatic rings. The molecule has 0 radical (unpaired) electrons. The molecule has 0 atom stereocenters. The molecule has 8 nitrogen and oxygen atoms in total. The quantitative estimate of drug-likeness (QED) is 0.439. The molecule has 4 aromatic heterocycles. The number of benzene rings is 1. The molecule has 4 heterocycles. The van der Waals surface area contributed by atoms with Crippen molar-refractivity contribution >= 4 is 11.2 Å². The van der Waals surface area contributed by atoms with Crippen molar-refractivity contribution in [2.75, 3.05) is 0 Å². The van der Waals surface area contributed by atoms with Crippen LogP contribution in [0, 0.1) is 13.8 Å². The van der Waals surface area contributed by atoms with Gasteiger partial charge in [-0.3, -0.25) is 0 Å². The molecule has 162 valence electrons. The Hall–Kier alpha value is -3.81. The molecule has 1 aromatic carbocycles. The maximum absolute atomic E-state index is 4.89. The van der Waals surface area contributed by atoms with Crippen molar-refractivity contribution in [3.05, 3.63) is 65.2 Å². The van der Waals surface area contributed by atoms with Gasteiger partial charge in [0.15, 0.2) is 5.65 Å². The Morgan fingerprint density at radius 1 is 1.06 bits per heavy atom. The zero-order valence-electron chi connectivity index (χ0n) is 18.8. The minimum absolute atomic E-state index is 0.600. The van der Waals surface area contributed by atoms with E-state index in [4.69, 9.17) is 4.98 Å². The number of tetrazole rings is 1. The van der Waals surface area contributed by atoms with E-state index in [0.717, 1.165) is 64.5 Å². The first-order valence-corrected chi connectivity index (χ1v) is 10.9. The Morgan fingerprint density at radius 3 is 2.59 bits per heavy atom. The predicted molar refractivity (Wildman–Crippen MR) is 124 cm³/mol. The number of nitrogens with zero attached hydrogens (tertiary/aromatic N) is 7. The van der Waals surface area contributed by atoms with Crippen LogP contribution in [0.1, 0.15) is 36.0 Å². The van der Waals surface area contributed by atoms with Crippen LogP contribution in [0.4, 0.5) is 0 Å². The number of aryl methyl sites for hydroxylation is 3. The Bertz CT molecular complexity index is 1370. The van der Waals surface area contributed by atoms with E-state index in [0.29, 0.717) is 5.82 Å². The number of nitrogens with one attached hydrogen (secondary N) is 1. The van der Waals surface area contributed by atoms with Gasteiger partial charge in [0.1, 0.15) is 11.3 Å². The lowest BCUT2D eigenvalue weighted by molar-refractivity contribution is 0.716. The van der Waals surface area contributed by atoms with Crippen molar-refractivity contribution in [3.63, 3.8) is 0 Å². The number of H-pyrrole nitrogens is 1. The molecule has 0 aliphatic heterocycles. The molecule has 0 aliphatic rings. The lowest BCUT2D eigenvalue weighted by Gasteiger charge is -2.11. The molecular weight excluding hydrogens is 400 g/mol. The van der Waals surface area contributed by atoms with Crippen molar-refractivity contribution in [2.45, 2.75) is 40.2 Å². The topological polar surface area (TPSA) is 90.1 Å². The molecule has 8 heteroatoms. The largest absolute Gasteiger partial charge is 0.347 e. The summed E-state index contributed by atoms with van der Waals surface area (Å²) in [4.78, 5) is 9.53. The molecule has 0 fully saturated rings. The summed E-state index contributed by atoms with van der Waals surface area (Å²) in [6.45, 7) is 7.10. The maximum atomic E-state index is 4.89. The summed E-state index contributed by atoms with van der Waals surface area (Å²) in [6, 6.07) is 12.8. The van der Waals surface area contributed by atoms with Crippen LogP contribution < -0.4 is 0 Å². The first kappa shape index (κ1) is 20.1. The Balaban J connectivity index is 1.52. The smallest absolute Gasteiger partial charge is 0.206 e. The lowest BCUT2D eigenvalue weighted by Crippen LogP contribution is -2.06. The number of fused-ring (bicyclic) bond motifs is 1. The minimum Gasteiger partial charge on any atom is -0.347 e. The fourth-order valence-electron chi connectivity index (χ4n) is 4.24. The second kappa shape index (κ2) is 8.03. The maximum Gasteiger partial charge on any atom is 0.206 e. The lowest BCUT2D eigenvalue weighted by atomic mass is 10.1. The number of aromatic nitrogens is 8. The van der Waals surface area contributed by atoms with Crippen molar-refractivity contribution in [2.24, 2.45) is 7.05 Å². The molecular formula is C24H26N8. The minimum atomic E-state index is 0.600. The molecule has 0 saturated heterocycles. The number of pyridine rings is 1. The first-order valence-electron chi connectivity index (χ1n) is 10.9. The highest BCUT2D eigenvalue weighted by Gasteiger charge is 2.18. The molecule has 5 rings (SSSR count). The van der Waals surface area contributed by atoms with Gasteiger partial charge in [0.05, 0.1) is 12.2 Å². The van der Waals surface area contributed by atoms with Gasteiger partial charge >= 0.3 is 0 Å². The standard InChI is InChI=1S/C24H26N8/c1-5-6-20-26-21-15(2)11-12-25-24(21)32(20)14-17-7-9-18(10-8-17)22-19(13-16(3)31(22)4)23-27-29-30-28-23/h7-13H,5-6,14H2,1-4H3,(H,27,28,29,30). The van der Waals surface area contributed by atoms with Gasteiger partial charge in [-0.25, -0.2) is 9.97 Å². The summed E-state index contributed by atoms with van der Waals surface area (Å²) in [5.74, 6) is 1.69. The van der Waals surface area contributed by atoms with Crippen LogP contribution in [0.15, 0.2) is 42.6 Å². The molecule has 0 spiro atoms. The summed E-state index contributed by atoms with van der Waals surface area (Å²) in [5, 5.41) is 14.6. The zero-order chi connectivity index (χ0) is 22.2. The average molecular weight is 427 g/mol. The number of rotatable bonds is 6. The van der Waals surface area contributed by atoms with E-state index >= 15 is 0 Å². The molecule has 1 N–H and O–H groups in total. The number of imidazole rings is 1. The van der Waals surface area contributed by atoms with Crippen molar-refractivity contribution in [3.8, 4) is 22.6 Å². The van der Waals surface area contributed by atoms with Crippen LogP contribution in [0.3, 0.4) is 0 Å². The van der Waals surface area contributed by atoms with E-state index in [-0.39, 0.29) is 0 Å². The zero-order valence-corrected chi connectivity index (χ0v) is 18.8. The highest BCUT2D eigenvalue weighted by Crippen LogP contribution is 2.32. The fraction of sp³-hybridized carbons (Fsp3) is 0.292. The van der Waals surface area contributed by atoms with Gasteiger partial charge in [0.2, 0.25) is 5.82 Å². The third-order valence-corrected chi connectivity index (χ3v) is 6.02. The Labute approximate surface area is 186 Å². The van der Waals surface area contributed by atoms with Gasteiger partial charge in [-0.05, 0) is 54.3 Å². The SMILES string of the molecule is CCCc1nc2c(C)ccnc2n1Cc1ccc(-c2c(-c3nn[nH]n3)cc(C)n2C)cc1. The van der Waals surface area contributed by atoms with Gasteiger partial charge in [0.25, 0.3) is 0 Å². The van der Waals surface area contributed by atoms with E-state index in [2.05, 4.69) is 92.9 Å². The van der Waals surface area contributed by atoms with Crippen LogP contribution in [0.25, 0.3) is 33.8 Å². The van der Waals surface area contributed by atoms with E-state index in [1.165, 1.54) is 5.56 Å². The Kier molecular flexibility index (Phi) is 5.05. The number of hydrogen-bond donors (Lipinski definition) is 1. The molecule has 0 saturated carbocycles. The molecule has 32 heavy (non-hydrogen) atoms. The Morgan fingerprint density at radius 2 is 1.88 bits per heavy atom.